The molecule has 1 N–H and O–H groups in total. The average Bonchev–Trinajstić information content (AvgIpc) is 2.15. The van der Waals surface area contributed by atoms with Crippen LogP contribution in [-0.4, -0.2) is 18.5 Å². The van der Waals surface area contributed by atoms with Crippen LogP contribution < -0.4 is 4.74 Å². The molecule has 3 nitrogen and oxygen atoms in total. The van der Waals surface area contributed by atoms with Gasteiger partial charge in [-0.15, -0.1) is 0 Å². The van der Waals surface area contributed by atoms with Crippen molar-refractivity contribution in [1.29, 1.82) is 0 Å². The van der Waals surface area contributed by atoms with E-state index in [0.717, 1.165) is 6.07 Å². The van der Waals surface area contributed by atoms with Crippen molar-refractivity contribution in [2.75, 3.05) is 7.11 Å². The highest BCUT2D eigenvalue weighted by molar-refractivity contribution is 5.60. The Morgan fingerprint density at radius 3 is 2.77 bits per heavy atom. The second-order valence-electron chi connectivity index (χ2n) is 2.51. The van der Waals surface area contributed by atoms with Gasteiger partial charge in [-0.1, -0.05) is 0 Å². The smallest absolute Gasteiger partial charge is 0.153 e. The topological polar surface area (TPSA) is 46.5 Å². The number of methoxy groups -OCH3 is 1. The molecule has 1 rings (SSSR count). The van der Waals surface area contributed by atoms with Gasteiger partial charge in [0.05, 0.1) is 7.11 Å². The van der Waals surface area contributed by atoms with Gasteiger partial charge in [-0.2, -0.15) is 0 Å². The predicted octanol–water partition coefficient (Wildman–Crippen LogP) is 1.07. The molecular weight excluding hydrogens is 175 g/mol. The molecule has 0 amide bonds. The molecule has 0 aliphatic rings. The lowest BCUT2D eigenvalue weighted by atomic mass is 10.1. The molecule has 0 spiro atoms. The van der Waals surface area contributed by atoms with E-state index in [2.05, 4.69) is 0 Å². The maximum absolute atomic E-state index is 12.8. The van der Waals surface area contributed by atoms with E-state index in [9.17, 15) is 9.18 Å². The van der Waals surface area contributed by atoms with Crippen molar-refractivity contribution in [3.63, 3.8) is 0 Å². The van der Waals surface area contributed by atoms with Crippen LogP contribution in [0, 0.1) is 5.82 Å². The fraction of sp³-hybridized carbons (Fsp3) is 0.222. The summed E-state index contributed by atoms with van der Waals surface area (Å²) in [7, 11) is 1.38. The highest BCUT2D eigenvalue weighted by Crippen LogP contribution is 2.19. The number of hydrogen-bond donors (Lipinski definition) is 1. The molecule has 0 bridgehead atoms. The zero-order chi connectivity index (χ0) is 9.84. The highest BCUT2D eigenvalue weighted by Gasteiger charge is 2.08. The molecule has 13 heavy (non-hydrogen) atoms. The Morgan fingerprint density at radius 1 is 1.54 bits per heavy atom. The third kappa shape index (κ3) is 2.26. The normalized spacial score (nSPS) is 12.2. The van der Waals surface area contributed by atoms with Crippen LogP contribution in [0.4, 0.5) is 4.39 Å². The zero-order valence-corrected chi connectivity index (χ0v) is 7.03. The third-order valence-corrected chi connectivity index (χ3v) is 1.60. The molecule has 0 aromatic heterocycles. The molecule has 0 fully saturated rings. The van der Waals surface area contributed by atoms with Gasteiger partial charge >= 0.3 is 0 Å². The van der Waals surface area contributed by atoms with Gasteiger partial charge in [-0.05, 0) is 17.7 Å². The molecule has 0 saturated carbocycles. The summed E-state index contributed by atoms with van der Waals surface area (Å²) in [4.78, 5) is 10.2. The third-order valence-electron chi connectivity index (χ3n) is 1.60. The van der Waals surface area contributed by atoms with E-state index in [4.69, 9.17) is 9.84 Å². The van der Waals surface area contributed by atoms with E-state index in [0.29, 0.717) is 6.29 Å². The zero-order valence-electron chi connectivity index (χ0n) is 7.03. The van der Waals surface area contributed by atoms with Crippen molar-refractivity contribution in [2.45, 2.75) is 6.10 Å². The summed E-state index contributed by atoms with van der Waals surface area (Å²) in [5.74, 6) is -0.272. The van der Waals surface area contributed by atoms with Gasteiger partial charge in [0.25, 0.3) is 0 Å². The number of carbonyl (C=O) groups is 1. The maximum atomic E-state index is 12.8. The van der Waals surface area contributed by atoms with Crippen LogP contribution >= 0.6 is 0 Å². The minimum Gasteiger partial charge on any atom is -0.497 e. The summed E-state index contributed by atoms with van der Waals surface area (Å²) < 4.78 is 17.6. The molecule has 0 heterocycles. The van der Waals surface area contributed by atoms with Crippen LogP contribution in [0.3, 0.4) is 0 Å². The minimum absolute atomic E-state index is 0.187. The molecule has 1 atom stereocenters. The fourth-order valence-electron chi connectivity index (χ4n) is 0.952. The second kappa shape index (κ2) is 4.00. The van der Waals surface area contributed by atoms with Crippen molar-refractivity contribution in [3.8, 4) is 5.75 Å². The number of ether oxygens (including phenoxy) is 1. The van der Waals surface area contributed by atoms with E-state index in [1.807, 2.05) is 0 Å². The van der Waals surface area contributed by atoms with Crippen molar-refractivity contribution >= 4 is 6.29 Å². The summed E-state index contributed by atoms with van der Waals surface area (Å²) in [6.07, 6.45) is -0.974. The minimum atomic E-state index is -1.30. The summed E-state index contributed by atoms with van der Waals surface area (Å²) >= 11 is 0. The Hall–Kier alpha value is -1.42. The summed E-state index contributed by atoms with van der Waals surface area (Å²) in [6, 6.07) is 3.66. The predicted molar refractivity (Wildman–Crippen MR) is 44.0 cm³/mol. The molecular formula is C9H9FO3. The quantitative estimate of drug-likeness (QED) is 0.714. The Morgan fingerprint density at radius 2 is 2.23 bits per heavy atom. The van der Waals surface area contributed by atoms with E-state index in [1.165, 1.54) is 19.2 Å². The van der Waals surface area contributed by atoms with Crippen molar-refractivity contribution in [3.05, 3.63) is 29.6 Å². The van der Waals surface area contributed by atoms with Gasteiger partial charge in [0, 0.05) is 6.07 Å². The second-order valence-corrected chi connectivity index (χ2v) is 2.51. The number of hydrogen-bond acceptors (Lipinski definition) is 3. The van der Waals surface area contributed by atoms with Crippen LogP contribution in [0.1, 0.15) is 11.7 Å². The number of aliphatic hydroxyl groups is 1. The standard InChI is InChI=1S/C9H9FO3/c1-13-8-3-6(9(12)5-11)2-7(10)4-8/h2-5,9,12H,1H3. The first-order chi connectivity index (χ1) is 6.17. The number of aldehydes is 1. The Balaban J connectivity index is 3.07. The van der Waals surface area contributed by atoms with E-state index >= 15 is 0 Å². The van der Waals surface area contributed by atoms with Gasteiger partial charge in [0.2, 0.25) is 0 Å². The SMILES string of the molecule is COc1cc(F)cc(C(O)C=O)c1. The molecule has 0 aliphatic heterocycles. The number of benzene rings is 1. The lowest BCUT2D eigenvalue weighted by molar-refractivity contribution is -0.115. The number of halogens is 1. The van der Waals surface area contributed by atoms with Gasteiger partial charge in [-0.3, -0.25) is 0 Å². The molecule has 70 valence electrons. The summed E-state index contributed by atoms with van der Waals surface area (Å²) in [5.41, 5.74) is 0.187. The molecule has 0 saturated heterocycles. The van der Waals surface area contributed by atoms with E-state index < -0.39 is 11.9 Å². The molecule has 0 aliphatic carbocycles. The lowest BCUT2D eigenvalue weighted by Crippen LogP contribution is -1.99. The monoisotopic (exact) mass is 184 g/mol. The summed E-state index contributed by atoms with van der Waals surface area (Å²) in [5, 5.41) is 9.08. The number of carbonyl (C=O) groups excluding carboxylic acids is 1. The Bertz CT molecular complexity index is 312. The first-order valence-corrected chi connectivity index (χ1v) is 3.65. The van der Waals surface area contributed by atoms with Crippen LogP contribution in [0.2, 0.25) is 0 Å². The van der Waals surface area contributed by atoms with Crippen molar-refractivity contribution < 1.29 is 19.0 Å². The van der Waals surface area contributed by atoms with E-state index in [-0.39, 0.29) is 11.3 Å². The average molecular weight is 184 g/mol. The van der Waals surface area contributed by atoms with Gasteiger partial charge < -0.3 is 14.6 Å². The highest BCUT2D eigenvalue weighted by atomic mass is 19.1. The molecule has 1 unspecified atom stereocenters. The summed E-state index contributed by atoms with van der Waals surface area (Å²) in [6.45, 7) is 0. The Labute approximate surface area is 74.8 Å². The molecule has 1 aromatic rings. The first-order valence-electron chi connectivity index (χ1n) is 3.65. The van der Waals surface area contributed by atoms with Crippen molar-refractivity contribution in [2.24, 2.45) is 0 Å². The van der Waals surface area contributed by atoms with Crippen LogP contribution in [-0.2, 0) is 4.79 Å². The van der Waals surface area contributed by atoms with Crippen LogP contribution in [0.5, 0.6) is 5.75 Å². The van der Waals surface area contributed by atoms with Crippen LogP contribution in [0.15, 0.2) is 18.2 Å². The Kier molecular flexibility index (Phi) is 2.97. The molecule has 0 radical (unpaired) electrons. The van der Waals surface area contributed by atoms with E-state index in [1.54, 1.807) is 0 Å². The largest absolute Gasteiger partial charge is 0.497 e. The first kappa shape index (κ1) is 9.67. The number of rotatable bonds is 3. The van der Waals surface area contributed by atoms with Gasteiger partial charge in [-0.25, -0.2) is 4.39 Å². The van der Waals surface area contributed by atoms with Crippen LogP contribution in [0.25, 0.3) is 0 Å². The molecule has 1 aromatic carbocycles. The fourth-order valence-corrected chi connectivity index (χ4v) is 0.952. The van der Waals surface area contributed by atoms with Crippen molar-refractivity contribution in [1.82, 2.24) is 0 Å². The number of aliphatic hydroxyl groups excluding tert-OH is 1. The van der Waals surface area contributed by atoms with Gasteiger partial charge in [0.1, 0.15) is 17.7 Å². The maximum Gasteiger partial charge on any atom is 0.153 e. The van der Waals surface area contributed by atoms with Gasteiger partial charge in [0.15, 0.2) is 6.29 Å². The molecule has 4 heteroatoms. The lowest BCUT2D eigenvalue weighted by Gasteiger charge is -2.06.